The third-order valence-corrected chi connectivity index (χ3v) is 9.28. The Hall–Kier alpha value is -4.17. The lowest BCUT2D eigenvalue weighted by atomic mass is 10.0. The number of rotatable bonds is 8. The molecule has 0 aliphatic carbocycles. The van der Waals surface area contributed by atoms with E-state index in [9.17, 15) is 43.9 Å². The summed E-state index contributed by atoms with van der Waals surface area (Å²) in [6.07, 6.45) is -8.81. The molecule has 1 aromatic heterocycles. The number of alkyl halides is 6. The summed E-state index contributed by atoms with van der Waals surface area (Å²) in [4.78, 5) is 21.8. The smallest absolute Gasteiger partial charge is 0.298 e. The fourth-order valence-electron chi connectivity index (χ4n) is 5.08. The summed E-state index contributed by atoms with van der Waals surface area (Å²) >= 11 is 0. The van der Waals surface area contributed by atoms with Gasteiger partial charge in [-0.25, -0.2) is 22.8 Å². The number of Topliss-reactive ketones (excluding diaryl/α,β-unsaturated/α-hetero) is 1. The monoisotopic (exact) mass is 651 g/mol. The van der Waals surface area contributed by atoms with Crippen molar-refractivity contribution in [3.63, 3.8) is 0 Å². The first-order valence-electron chi connectivity index (χ1n) is 13.7. The molecule has 0 radical (unpaired) electrons. The van der Waals surface area contributed by atoms with E-state index in [0.717, 1.165) is 52.8 Å². The van der Waals surface area contributed by atoms with Crippen LogP contribution in [0.15, 0.2) is 83.8 Å². The van der Waals surface area contributed by atoms with E-state index in [1.807, 2.05) is 0 Å². The van der Waals surface area contributed by atoms with Gasteiger partial charge in [0.05, 0.1) is 27.8 Å². The van der Waals surface area contributed by atoms with Crippen molar-refractivity contribution in [3.8, 4) is 22.6 Å². The standard InChI is InChI=1S/C31H24F7N3O3S/c32-23-10-13-25(14-11-23)45(43,44)41-16-2-5-27(41)28(42)15-12-24-18-26(19-6-8-21(9-7-19)30(33,34)35)40-29(39-24)20-3-1-4-22(17-20)31(36,37)38/h1,3-4,6-11,13-14,17-18,27H,2,5,12,15-16H2/t27-/m0/s1. The molecule has 0 saturated carbocycles. The second kappa shape index (κ2) is 12.3. The molecule has 4 aromatic rings. The van der Waals surface area contributed by atoms with Crippen molar-refractivity contribution in [3.05, 3.63) is 102 Å². The average Bonchev–Trinajstić information content (AvgIpc) is 3.51. The number of hydrogen-bond donors (Lipinski definition) is 0. The molecule has 5 rings (SSSR count). The first-order valence-corrected chi connectivity index (χ1v) is 15.1. The zero-order valence-corrected chi connectivity index (χ0v) is 24.1. The van der Waals surface area contributed by atoms with Gasteiger partial charge in [0, 0.05) is 29.8 Å². The highest BCUT2D eigenvalue weighted by Crippen LogP contribution is 2.34. The van der Waals surface area contributed by atoms with Gasteiger partial charge in [-0.3, -0.25) is 4.79 Å². The minimum atomic E-state index is -4.66. The number of ketones is 1. The van der Waals surface area contributed by atoms with Crippen molar-refractivity contribution in [1.82, 2.24) is 14.3 Å². The lowest BCUT2D eigenvalue weighted by Gasteiger charge is -2.23. The molecule has 1 atom stereocenters. The highest BCUT2D eigenvalue weighted by molar-refractivity contribution is 7.89. The Morgan fingerprint density at radius 2 is 1.49 bits per heavy atom. The van der Waals surface area contributed by atoms with Gasteiger partial charge in [0.15, 0.2) is 11.6 Å². The minimum Gasteiger partial charge on any atom is -0.298 e. The van der Waals surface area contributed by atoms with E-state index >= 15 is 0 Å². The lowest BCUT2D eigenvalue weighted by molar-refractivity contribution is -0.138. The molecule has 1 fully saturated rings. The maximum atomic E-state index is 13.4. The number of sulfonamides is 1. The number of aryl methyl sites for hydroxylation is 1. The summed E-state index contributed by atoms with van der Waals surface area (Å²) in [7, 11) is -4.10. The van der Waals surface area contributed by atoms with Crippen LogP contribution in [0.3, 0.4) is 0 Å². The molecule has 2 heterocycles. The number of carbonyl (C=O) groups is 1. The summed E-state index contributed by atoms with van der Waals surface area (Å²) in [5, 5.41) is 0. The van der Waals surface area contributed by atoms with Crippen LogP contribution in [0.2, 0.25) is 0 Å². The Labute approximate surface area is 253 Å². The Bertz CT molecular complexity index is 1810. The summed E-state index contributed by atoms with van der Waals surface area (Å²) in [6.45, 7) is 0.0847. The van der Waals surface area contributed by atoms with E-state index in [0.29, 0.717) is 6.42 Å². The second-order valence-corrected chi connectivity index (χ2v) is 12.3. The van der Waals surface area contributed by atoms with Gasteiger partial charge in [-0.2, -0.15) is 30.6 Å². The Morgan fingerprint density at radius 3 is 2.13 bits per heavy atom. The van der Waals surface area contributed by atoms with Gasteiger partial charge in [0.1, 0.15) is 5.82 Å². The van der Waals surface area contributed by atoms with Gasteiger partial charge in [0.2, 0.25) is 10.0 Å². The van der Waals surface area contributed by atoms with Crippen molar-refractivity contribution in [2.45, 2.75) is 49.0 Å². The highest BCUT2D eigenvalue weighted by atomic mass is 32.2. The van der Waals surface area contributed by atoms with Crippen molar-refractivity contribution in [2.75, 3.05) is 6.54 Å². The van der Waals surface area contributed by atoms with Gasteiger partial charge in [-0.05, 0) is 73.9 Å². The van der Waals surface area contributed by atoms with Gasteiger partial charge >= 0.3 is 12.4 Å². The molecule has 0 amide bonds. The van der Waals surface area contributed by atoms with E-state index in [2.05, 4.69) is 9.97 Å². The number of aromatic nitrogens is 2. The van der Waals surface area contributed by atoms with Crippen LogP contribution in [0.25, 0.3) is 22.6 Å². The molecule has 1 aliphatic heterocycles. The van der Waals surface area contributed by atoms with E-state index < -0.39 is 51.1 Å². The fraction of sp³-hybridized carbons (Fsp3) is 0.258. The SMILES string of the molecule is O=C(CCc1cc(-c2ccc(C(F)(F)F)cc2)nc(-c2cccc(C(F)(F)F)c2)n1)[C@@H]1CCCN1S(=O)(=O)c1ccc(F)cc1. The Balaban J connectivity index is 1.44. The van der Waals surface area contributed by atoms with Crippen LogP contribution in [0.5, 0.6) is 0 Å². The van der Waals surface area contributed by atoms with Crippen molar-refractivity contribution in [1.29, 1.82) is 0 Å². The number of nitrogens with zero attached hydrogens (tertiary/aromatic N) is 3. The zero-order valence-electron chi connectivity index (χ0n) is 23.2. The van der Waals surface area contributed by atoms with Gasteiger partial charge in [-0.15, -0.1) is 0 Å². The predicted molar refractivity (Wildman–Crippen MR) is 150 cm³/mol. The fourth-order valence-corrected chi connectivity index (χ4v) is 6.75. The number of benzene rings is 3. The van der Waals surface area contributed by atoms with Crippen molar-refractivity contribution < 1.29 is 43.9 Å². The van der Waals surface area contributed by atoms with Gasteiger partial charge < -0.3 is 0 Å². The van der Waals surface area contributed by atoms with E-state index in [1.165, 1.54) is 30.3 Å². The van der Waals surface area contributed by atoms with Crippen LogP contribution in [0.1, 0.15) is 36.1 Å². The summed E-state index contributed by atoms with van der Waals surface area (Å²) < 4.78 is 120. The van der Waals surface area contributed by atoms with E-state index in [4.69, 9.17) is 0 Å². The molecule has 1 saturated heterocycles. The quantitative estimate of drug-likeness (QED) is 0.186. The van der Waals surface area contributed by atoms with Crippen LogP contribution in [-0.2, 0) is 33.6 Å². The molecule has 0 unspecified atom stereocenters. The molecule has 3 aromatic carbocycles. The van der Waals surface area contributed by atoms with Crippen LogP contribution < -0.4 is 0 Å². The Morgan fingerprint density at radius 1 is 0.822 bits per heavy atom. The highest BCUT2D eigenvalue weighted by Gasteiger charge is 2.39. The third-order valence-electron chi connectivity index (χ3n) is 7.36. The second-order valence-electron chi connectivity index (χ2n) is 10.4. The molecular formula is C31H24F7N3O3S. The number of carbonyl (C=O) groups excluding carboxylic acids is 1. The Kier molecular flexibility index (Phi) is 8.82. The molecular weight excluding hydrogens is 627 g/mol. The van der Waals surface area contributed by atoms with Crippen molar-refractivity contribution in [2.24, 2.45) is 0 Å². The number of halogens is 7. The summed E-state index contributed by atoms with van der Waals surface area (Å²) in [6, 6.07) is 13.0. The van der Waals surface area contributed by atoms with Crippen LogP contribution in [0.4, 0.5) is 30.7 Å². The van der Waals surface area contributed by atoms with E-state index in [1.54, 1.807) is 0 Å². The molecule has 1 aliphatic rings. The molecule has 0 spiro atoms. The van der Waals surface area contributed by atoms with Crippen LogP contribution >= 0.6 is 0 Å². The molecule has 0 bridgehead atoms. The lowest BCUT2D eigenvalue weighted by Crippen LogP contribution is -2.40. The summed E-state index contributed by atoms with van der Waals surface area (Å²) in [5.74, 6) is -1.18. The molecule has 45 heavy (non-hydrogen) atoms. The number of hydrogen-bond acceptors (Lipinski definition) is 5. The molecule has 0 N–H and O–H groups in total. The first kappa shape index (κ1) is 32.2. The molecule has 236 valence electrons. The zero-order chi connectivity index (χ0) is 32.6. The van der Waals surface area contributed by atoms with Crippen molar-refractivity contribution >= 4 is 15.8 Å². The van der Waals surface area contributed by atoms with Gasteiger partial charge in [-0.1, -0.05) is 24.3 Å². The van der Waals surface area contributed by atoms with Crippen LogP contribution in [0, 0.1) is 5.82 Å². The van der Waals surface area contributed by atoms with Crippen LogP contribution in [-0.4, -0.2) is 41.1 Å². The minimum absolute atomic E-state index is 0.00137. The largest absolute Gasteiger partial charge is 0.416 e. The predicted octanol–water partition coefficient (Wildman–Crippen LogP) is 7.34. The molecule has 6 nitrogen and oxygen atoms in total. The maximum Gasteiger partial charge on any atom is 0.416 e. The summed E-state index contributed by atoms with van der Waals surface area (Å²) in [5.41, 5.74) is -1.29. The maximum absolute atomic E-state index is 13.4. The first-order chi connectivity index (χ1) is 21.1. The van der Waals surface area contributed by atoms with Gasteiger partial charge in [0.25, 0.3) is 0 Å². The third kappa shape index (κ3) is 7.22. The topological polar surface area (TPSA) is 80.2 Å². The molecule has 14 heteroatoms. The van der Waals surface area contributed by atoms with E-state index in [-0.39, 0.29) is 59.0 Å². The average molecular weight is 652 g/mol. The normalized spacial score (nSPS) is 16.2.